The molecule has 0 saturated heterocycles. The van der Waals surface area contributed by atoms with Gasteiger partial charge < -0.3 is 0 Å². The Morgan fingerprint density at radius 1 is 0.444 bits per heavy atom. The molecule has 0 fully saturated rings. The first-order valence-corrected chi connectivity index (χ1v) is 9.50. The summed E-state index contributed by atoms with van der Waals surface area (Å²) in [5, 5.41) is 5.22. The van der Waals surface area contributed by atoms with Gasteiger partial charge in [0.1, 0.15) is 0 Å². The Bertz CT molecular complexity index is 1340. The van der Waals surface area contributed by atoms with Gasteiger partial charge in [0.25, 0.3) is 0 Å². The molecular weight excluding hydrogens is 324 g/mol. The lowest BCUT2D eigenvalue weighted by Crippen LogP contribution is -1.86. The van der Waals surface area contributed by atoms with Crippen LogP contribution in [0.1, 0.15) is 11.1 Å². The smallest absolute Gasteiger partial charge is 0.00132 e. The van der Waals surface area contributed by atoms with Gasteiger partial charge in [0.05, 0.1) is 0 Å². The van der Waals surface area contributed by atoms with Crippen LogP contribution in [0.25, 0.3) is 43.8 Å². The summed E-state index contributed by atoms with van der Waals surface area (Å²) in [5.74, 6) is 0. The van der Waals surface area contributed by atoms with Gasteiger partial charge in [-0.05, 0) is 73.5 Å². The van der Waals surface area contributed by atoms with Crippen LogP contribution in [0.2, 0.25) is 0 Å². The number of hydrogen-bond donors (Lipinski definition) is 0. The second-order valence-electron chi connectivity index (χ2n) is 7.43. The topological polar surface area (TPSA) is 0 Å². The third kappa shape index (κ3) is 2.23. The Labute approximate surface area is 158 Å². The van der Waals surface area contributed by atoms with Crippen LogP contribution in [0.4, 0.5) is 0 Å². The van der Waals surface area contributed by atoms with Crippen LogP contribution in [0.5, 0.6) is 0 Å². The van der Waals surface area contributed by atoms with Crippen molar-refractivity contribution in [3.63, 3.8) is 0 Å². The first-order valence-electron chi connectivity index (χ1n) is 9.50. The molecule has 0 radical (unpaired) electrons. The summed E-state index contributed by atoms with van der Waals surface area (Å²) in [6.45, 7) is 0. The van der Waals surface area contributed by atoms with E-state index < -0.39 is 0 Å². The molecule has 0 unspecified atom stereocenters. The zero-order chi connectivity index (χ0) is 17.8. The minimum Gasteiger partial charge on any atom is -0.0619 e. The highest BCUT2D eigenvalue weighted by Crippen LogP contribution is 2.40. The fourth-order valence-corrected chi connectivity index (χ4v) is 4.53. The van der Waals surface area contributed by atoms with Crippen molar-refractivity contribution >= 4 is 21.5 Å². The highest BCUT2D eigenvalue weighted by Gasteiger charge is 2.18. The van der Waals surface area contributed by atoms with Crippen molar-refractivity contribution in [2.75, 3.05) is 0 Å². The molecule has 0 N–H and O–H groups in total. The van der Waals surface area contributed by atoms with E-state index in [2.05, 4.69) is 97.1 Å². The highest BCUT2D eigenvalue weighted by atomic mass is 14.2. The van der Waals surface area contributed by atoms with E-state index in [1.807, 2.05) is 0 Å². The predicted octanol–water partition coefficient (Wildman–Crippen LogP) is 7.23. The molecule has 0 amide bonds. The van der Waals surface area contributed by atoms with E-state index in [4.69, 9.17) is 0 Å². The van der Waals surface area contributed by atoms with Crippen LogP contribution < -0.4 is 0 Å². The van der Waals surface area contributed by atoms with Gasteiger partial charge in [-0.15, -0.1) is 0 Å². The first kappa shape index (κ1) is 14.8. The van der Waals surface area contributed by atoms with Crippen molar-refractivity contribution in [1.29, 1.82) is 0 Å². The van der Waals surface area contributed by atoms with Crippen LogP contribution in [0.15, 0.2) is 97.1 Å². The average molecular weight is 342 g/mol. The Hall–Kier alpha value is -3.38. The third-order valence-electron chi connectivity index (χ3n) is 5.85. The number of rotatable bonds is 1. The van der Waals surface area contributed by atoms with Gasteiger partial charge in [-0.1, -0.05) is 84.9 Å². The van der Waals surface area contributed by atoms with Crippen LogP contribution in [-0.4, -0.2) is 0 Å². The summed E-state index contributed by atoms with van der Waals surface area (Å²) < 4.78 is 0. The Kier molecular flexibility index (Phi) is 3.04. The SMILES string of the molecule is c1ccc2c(c1)Cc1cc(-c3cccc4cc5ccccc5cc34)ccc1-2. The van der Waals surface area contributed by atoms with Gasteiger partial charge in [-0.3, -0.25) is 0 Å². The van der Waals surface area contributed by atoms with E-state index in [1.165, 1.54) is 54.9 Å². The van der Waals surface area contributed by atoms with Crippen LogP contribution in [0, 0.1) is 0 Å². The molecule has 1 aliphatic carbocycles. The van der Waals surface area contributed by atoms with Crippen LogP contribution in [-0.2, 0) is 6.42 Å². The fourth-order valence-electron chi connectivity index (χ4n) is 4.53. The molecule has 0 nitrogen and oxygen atoms in total. The first-order chi connectivity index (χ1) is 13.4. The van der Waals surface area contributed by atoms with Gasteiger partial charge in [0, 0.05) is 0 Å². The predicted molar refractivity (Wildman–Crippen MR) is 115 cm³/mol. The molecule has 0 spiro atoms. The van der Waals surface area contributed by atoms with Crippen molar-refractivity contribution in [3.05, 3.63) is 108 Å². The molecule has 0 bridgehead atoms. The van der Waals surface area contributed by atoms with Crippen molar-refractivity contribution in [1.82, 2.24) is 0 Å². The summed E-state index contributed by atoms with van der Waals surface area (Å²) in [7, 11) is 0. The van der Waals surface area contributed by atoms with Crippen molar-refractivity contribution in [2.45, 2.75) is 6.42 Å². The highest BCUT2D eigenvalue weighted by molar-refractivity contribution is 6.05. The van der Waals surface area contributed by atoms with E-state index in [1.54, 1.807) is 0 Å². The maximum atomic E-state index is 2.39. The molecule has 6 rings (SSSR count). The molecule has 1 aliphatic rings. The number of hydrogen-bond acceptors (Lipinski definition) is 0. The largest absolute Gasteiger partial charge is 0.0619 e. The molecule has 126 valence electrons. The Morgan fingerprint density at radius 2 is 1.15 bits per heavy atom. The van der Waals surface area contributed by atoms with Gasteiger partial charge >= 0.3 is 0 Å². The number of fused-ring (bicyclic) bond motifs is 5. The van der Waals surface area contributed by atoms with Gasteiger partial charge in [0.15, 0.2) is 0 Å². The maximum Gasteiger partial charge on any atom is -0.00132 e. The van der Waals surface area contributed by atoms with Gasteiger partial charge in [-0.2, -0.15) is 0 Å². The van der Waals surface area contributed by atoms with E-state index in [-0.39, 0.29) is 0 Å². The summed E-state index contributed by atoms with van der Waals surface area (Å²) in [4.78, 5) is 0. The van der Waals surface area contributed by atoms with E-state index in [0.717, 1.165) is 6.42 Å². The van der Waals surface area contributed by atoms with E-state index in [0.29, 0.717) is 0 Å². The number of benzene rings is 5. The zero-order valence-corrected chi connectivity index (χ0v) is 14.9. The van der Waals surface area contributed by atoms with E-state index >= 15 is 0 Å². The second-order valence-corrected chi connectivity index (χ2v) is 7.43. The summed E-state index contributed by atoms with van der Waals surface area (Å²) in [6.07, 6.45) is 1.03. The minimum atomic E-state index is 1.03. The molecule has 27 heavy (non-hydrogen) atoms. The lowest BCUT2D eigenvalue weighted by molar-refractivity contribution is 1.26. The lowest BCUT2D eigenvalue weighted by Gasteiger charge is -2.11. The molecule has 0 saturated carbocycles. The monoisotopic (exact) mass is 342 g/mol. The van der Waals surface area contributed by atoms with Crippen LogP contribution in [0.3, 0.4) is 0 Å². The molecule has 0 aliphatic heterocycles. The summed E-state index contributed by atoms with van der Waals surface area (Å²) in [6, 6.07) is 35.6. The second kappa shape index (κ2) is 5.56. The van der Waals surface area contributed by atoms with Crippen molar-refractivity contribution in [3.8, 4) is 22.3 Å². The van der Waals surface area contributed by atoms with Gasteiger partial charge in [0.2, 0.25) is 0 Å². The summed E-state index contributed by atoms with van der Waals surface area (Å²) in [5.41, 5.74) is 8.28. The zero-order valence-electron chi connectivity index (χ0n) is 14.9. The minimum absolute atomic E-state index is 1.03. The van der Waals surface area contributed by atoms with E-state index in [9.17, 15) is 0 Å². The van der Waals surface area contributed by atoms with Crippen LogP contribution >= 0.6 is 0 Å². The van der Waals surface area contributed by atoms with Crippen molar-refractivity contribution in [2.24, 2.45) is 0 Å². The average Bonchev–Trinajstić information content (AvgIpc) is 3.09. The quantitative estimate of drug-likeness (QED) is 0.276. The molecule has 0 atom stereocenters. The molecule has 5 aromatic rings. The normalized spacial score (nSPS) is 12.3. The Morgan fingerprint density at radius 3 is 2.07 bits per heavy atom. The molecule has 0 aromatic heterocycles. The maximum absolute atomic E-state index is 2.39. The molecular formula is C27H18. The fraction of sp³-hybridized carbons (Fsp3) is 0.0370. The lowest BCUT2D eigenvalue weighted by atomic mass is 9.93. The Balaban J connectivity index is 1.56. The molecule has 0 heterocycles. The summed E-state index contributed by atoms with van der Waals surface area (Å²) >= 11 is 0. The molecule has 0 heteroatoms. The van der Waals surface area contributed by atoms with Crippen molar-refractivity contribution < 1.29 is 0 Å². The third-order valence-corrected chi connectivity index (χ3v) is 5.85. The standard InChI is InChI=1S/C27H18/c1-2-7-19-17-27-21(14-18(19)6-1)9-5-11-25(27)22-12-13-26-23(16-22)15-20-8-3-4-10-24(20)26/h1-14,16-17H,15H2. The molecule has 5 aromatic carbocycles. The van der Waals surface area contributed by atoms with Gasteiger partial charge in [-0.25, -0.2) is 0 Å².